The summed E-state index contributed by atoms with van der Waals surface area (Å²) >= 11 is 12.1. The fourth-order valence-electron chi connectivity index (χ4n) is 3.38. The molecule has 5 N–H and O–H groups in total. The maximum atomic E-state index is 15.5. The Hall–Kier alpha value is -3.18. The Kier molecular flexibility index (Phi) is 6.50. The lowest BCUT2D eigenvalue weighted by Crippen LogP contribution is -2.15. The molecule has 12 heteroatoms. The molecule has 4 aromatic rings. The Morgan fingerprint density at radius 2 is 1.91 bits per heavy atom. The lowest BCUT2D eigenvalue weighted by Gasteiger charge is -2.15. The number of sulfonamides is 1. The molecule has 0 bridgehead atoms. The first-order valence-electron chi connectivity index (χ1n) is 9.79. The fraction of sp³-hybridized carbons (Fsp3) is 0.0909. The topological polar surface area (TPSA) is 130 Å². The number of hydrogen-bond acceptors (Lipinski definition) is 7. The van der Waals surface area contributed by atoms with Crippen molar-refractivity contribution in [3.05, 3.63) is 70.1 Å². The van der Waals surface area contributed by atoms with Gasteiger partial charge in [-0.25, -0.2) is 22.8 Å². The number of nitrogens with zero attached hydrogens (tertiary/aromatic N) is 2. The number of nitrogens with two attached hydrogens (primary N) is 1. The van der Waals surface area contributed by atoms with Crippen LogP contribution >= 0.6 is 23.2 Å². The Bertz CT molecular complexity index is 1530. The molecule has 4 rings (SSSR count). The highest BCUT2D eigenvalue weighted by Gasteiger charge is 2.24. The Balaban J connectivity index is 1.78. The summed E-state index contributed by atoms with van der Waals surface area (Å²) in [7, 11) is -2.64. The molecule has 8 nitrogen and oxygen atoms in total. The van der Waals surface area contributed by atoms with Crippen LogP contribution in [0.4, 0.5) is 21.7 Å². The second-order valence-corrected chi connectivity index (χ2v) is 9.71. The van der Waals surface area contributed by atoms with Crippen LogP contribution in [0.25, 0.3) is 22.0 Å². The average molecular weight is 522 g/mol. The molecule has 0 aliphatic carbocycles. The van der Waals surface area contributed by atoms with Gasteiger partial charge in [0.2, 0.25) is 0 Å². The summed E-state index contributed by atoms with van der Waals surface area (Å²) in [5.74, 6) is -0.205. The van der Waals surface area contributed by atoms with Crippen LogP contribution in [0.5, 0.6) is 0 Å². The Morgan fingerprint density at radius 1 is 1.15 bits per heavy atom. The first kappa shape index (κ1) is 24.0. The molecule has 0 saturated heterocycles. The highest BCUT2D eigenvalue weighted by molar-refractivity contribution is 7.92. The van der Waals surface area contributed by atoms with Gasteiger partial charge in [0.1, 0.15) is 16.5 Å². The minimum Gasteiger partial charge on any atom is -0.392 e. The van der Waals surface area contributed by atoms with Crippen LogP contribution in [-0.2, 0) is 16.6 Å². The molecule has 0 aliphatic rings. The van der Waals surface area contributed by atoms with Gasteiger partial charge in [0.15, 0.2) is 5.82 Å². The molecule has 0 radical (unpaired) electrons. The SMILES string of the molecule is CNc1cc2nc(N)c(-c3cccc(NS(=O)(=O)c4cc(Cl)cc(CO)c4Cl)c3F)cc2cn1. The summed E-state index contributed by atoms with van der Waals surface area (Å²) in [4.78, 5) is 8.16. The third-order valence-corrected chi connectivity index (χ3v) is 7.22. The number of aliphatic hydroxyl groups is 1. The zero-order valence-electron chi connectivity index (χ0n) is 17.6. The van der Waals surface area contributed by atoms with Crippen molar-refractivity contribution in [3.63, 3.8) is 0 Å². The van der Waals surface area contributed by atoms with Gasteiger partial charge < -0.3 is 16.2 Å². The number of fused-ring (bicyclic) bond motifs is 1. The summed E-state index contributed by atoms with van der Waals surface area (Å²) < 4.78 is 43.7. The summed E-state index contributed by atoms with van der Waals surface area (Å²) in [6.45, 7) is -0.523. The van der Waals surface area contributed by atoms with Crippen molar-refractivity contribution in [2.75, 3.05) is 22.8 Å². The third-order valence-electron chi connectivity index (χ3n) is 5.06. The van der Waals surface area contributed by atoms with E-state index in [-0.39, 0.29) is 38.2 Å². The zero-order chi connectivity index (χ0) is 24.6. The van der Waals surface area contributed by atoms with E-state index in [4.69, 9.17) is 28.9 Å². The molecule has 2 heterocycles. The van der Waals surface area contributed by atoms with Gasteiger partial charge in [-0.3, -0.25) is 4.72 Å². The van der Waals surface area contributed by atoms with Gasteiger partial charge in [-0.15, -0.1) is 0 Å². The lowest BCUT2D eigenvalue weighted by molar-refractivity contribution is 0.281. The molecular formula is C22H18Cl2FN5O3S. The van der Waals surface area contributed by atoms with Gasteiger partial charge in [0.25, 0.3) is 10.0 Å². The van der Waals surface area contributed by atoms with E-state index in [1.54, 1.807) is 25.4 Å². The fourth-order valence-corrected chi connectivity index (χ4v) is 5.37. The largest absolute Gasteiger partial charge is 0.392 e. The number of rotatable bonds is 6. The first-order chi connectivity index (χ1) is 16.1. The highest BCUT2D eigenvalue weighted by atomic mass is 35.5. The second-order valence-electron chi connectivity index (χ2n) is 7.24. The van der Waals surface area contributed by atoms with Gasteiger partial charge in [-0.05, 0) is 29.8 Å². The predicted molar refractivity (Wildman–Crippen MR) is 132 cm³/mol. The van der Waals surface area contributed by atoms with E-state index in [0.29, 0.717) is 16.7 Å². The molecular weight excluding hydrogens is 504 g/mol. The highest BCUT2D eigenvalue weighted by Crippen LogP contribution is 2.35. The molecule has 0 unspecified atom stereocenters. The third kappa shape index (κ3) is 4.45. The van der Waals surface area contributed by atoms with Crippen LogP contribution in [0.15, 0.2) is 53.6 Å². The summed E-state index contributed by atoms with van der Waals surface area (Å²) in [6.07, 6.45) is 1.57. The van der Waals surface area contributed by atoms with Crippen molar-refractivity contribution >= 4 is 61.5 Å². The van der Waals surface area contributed by atoms with E-state index in [0.717, 1.165) is 6.07 Å². The van der Waals surface area contributed by atoms with E-state index < -0.39 is 27.3 Å². The number of hydrogen-bond donors (Lipinski definition) is 4. The van der Waals surface area contributed by atoms with Gasteiger partial charge in [-0.2, -0.15) is 0 Å². The van der Waals surface area contributed by atoms with Crippen LogP contribution < -0.4 is 15.8 Å². The molecule has 0 spiro atoms. The van der Waals surface area contributed by atoms with Crippen molar-refractivity contribution in [1.29, 1.82) is 0 Å². The van der Waals surface area contributed by atoms with E-state index >= 15 is 4.39 Å². The number of nitrogens with one attached hydrogen (secondary N) is 2. The number of benzene rings is 2. The summed E-state index contributed by atoms with van der Waals surface area (Å²) in [5.41, 5.74) is 6.77. The molecule has 0 atom stereocenters. The van der Waals surface area contributed by atoms with Gasteiger partial charge in [0, 0.05) is 40.8 Å². The van der Waals surface area contributed by atoms with Crippen molar-refractivity contribution < 1.29 is 17.9 Å². The van der Waals surface area contributed by atoms with E-state index in [9.17, 15) is 13.5 Å². The van der Waals surface area contributed by atoms with Gasteiger partial charge in [-0.1, -0.05) is 35.3 Å². The lowest BCUT2D eigenvalue weighted by atomic mass is 10.0. The van der Waals surface area contributed by atoms with Gasteiger partial charge >= 0.3 is 0 Å². The zero-order valence-corrected chi connectivity index (χ0v) is 19.9. The van der Waals surface area contributed by atoms with Crippen molar-refractivity contribution in [2.45, 2.75) is 11.5 Å². The Labute approximate surface area is 204 Å². The molecule has 2 aromatic heterocycles. The van der Waals surface area contributed by atoms with Crippen LogP contribution in [0.3, 0.4) is 0 Å². The van der Waals surface area contributed by atoms with Crippen LogP contribution in [-0.4, -0.2) is 30.5 Å². The number of anilines is 3. The quantitative estimate of drug-likeness (QED) is 0.290. The average Bonchev–Trinajstić information content (AvgIpc) is 2.80. The molecule has 176 valence electrons. The number of aliphatic hydroxyl groups excluding tert-OH is 1. The smallest absolute Gasteiger partial charge is 0.263 e. The van der Waals surface area contributed by atoms with Crippen molar-refractivity contribution in [2.24, 2.45) is 0 Å². The summed E-state index contributed by atoms with van der Waals surface area (Å²) in [5, 5.41) is 12.8. The maximum absolute atomic E-state index is 15.5. The first-order valence-corrected chi connectivity index (χ1v) is 12.0. The van der Waals surface area contributed by atoms with Crippen LogP contribution in [0.1, 0.15) is 5.56 Å². The number of aromatic nitrogens is 2. The minimum absolute atomic E-state index is 0.0398. The van der Waals surface area contributed by atoms with Crippen LogP contribution in [0.2, 0.25) is 10.0 Å². The standard InChI is InChI=1S/C22H18Cl2FN5O3S/c1-27-19-8-17-11(9-28-19)6-15(22(26)29-17)14-3-2-4-16(21(14)25)30-34(32,33)18-7-13(23)5-12(10-31)20(18)24/h2-9,30-31H,10H2,1H3,(H2,26,29)(H,27,28). The number of nitrogen functional groups attached to an aromatic ring is 1. The molecule has 34 heavy (non-hydrogen) atoms. The Morgan fingerprint density at radius 3 is 2.62 bits per heavy atom. The monoisotopic (exact) mass is 521 g/mol. The van der Waals surface area contributed by atoms with Crippen molar-refractivity contribution in [3.8, 4) is 11.1 Å². The van der Waals surface area contributed by atoms with E-state index in [1.807, 2.05) is 0 Å². The molecule has 0 aliphatic heterocycles. The second kappa shape index (κ2) is 9.22. The molecule has 0 saturated carbocycles. The number of halogens is 3. The van der Waals surface area contributed by atoms with E-state index in [1.165, 1.54) is 24.3 Å². The molecule has 2 aromatic carbocycles. The number of pyridine rings is 2. The molecule has 0 fully saturated rings. The minimum atomic E-state index is -4.35. The van der Waals surface area contributed by atoms with E-state index in [2.05, 4.69) is 20.0 Å². The summed E-state index contributed by atoms with van der Waals surface area (Å²) in [6, 6.07) is 9.97. The molecule has 0 amide bonds. The van der Waals surface area contributed by atoms with Crippen LogP contribution in [0, 0.1) is 5.82 Å². The predicted octanol–water partition coefficient (Wildman–Crippen LogP) is 4.66. The van der Waals surface area contributed by atoms with Gasteiger partial charge in [0.05, 0.1) is 22.8 Å². The normalized spacial score (nSPS) is 11.6. The maximum Gasteiger partial charge on any atom is 0.263 e. The van der Waals surface area contributed by atoms with Crippen molar-refractivity contribution in [1.82, 2.24) is 9.97 Å².